The number of imidazole rings is 1. The fraction of sp³-hybridized carbons (Fsp3) is 0.182. The number of nitrogens with zero attached hydrogens (tertiary/aromatic N) is 2. The number of fused-ring (bicyclic) bond motifs is 1. The van der Waals surface area contributed by atoms with Crippen LogP contribution in [0.15, 0.2) is 18.2 Å². The second-order valence-electron chi connectivity index (χ2n) is 2.99. The molecule has 0 radical (unpaired) electrons. The van der Waals surface area contributed by atoms with Crippen molar-refractivity contribution in [3.63, 3.8) is 0 Å². The third kappa shape index (κ3) is 1.12. The number of terminal acetylenes is 1. The molecule has 0 bridgehead atoms. The highest BCUT2D eigenvalue weighted by molar-refractivity contribution is 5.78. The zero-order chi connectivity index (χ0) is 10.1. The van der Waals surface area contributed by atoms with E-state index in [2.05, 4.69) is 10.9 Å². The molecule has 0 atom stereocenters. The summed E-state index contributed by atoms with van der Waals surface area (Å²) in [5.74, 6) is 3.96. The van der Waals surface area contributed by atoms with Crippen molar-refractivity contribution >= 4 is 11.0 Å². The highest BCUT2D eigenvalue weighted by atomic mass is 16.5. The summed E-state index contributed by atoms with van der Waals surface area (Å²) in [5.41, 5.74) is 1.87. The normalized spacial score (nSPS) is 10.1. The van der Waals surface area contributed by atoms with Gasteiger partial charge in [0, 0.05) is 13.1 Å². The Hall–Kier alpha value is -1.95. The first kappa shape index (κ1) is 8.64. The van der Waals surface area contributed by atoms with Crippen molar-refractivity contribution in [2.75, 3.05) is 7.11 Å². The van der Waals surface area contributed by atoms with Crippen molar-refractivity contribution < 1.29 is 4.74 Å². The number of hydrogen-bond acceptors (Lipinski definition) is 2. The molecule has 70 valence electrons. The lowest BCUT2D eigenvalue weighted by Gasteiger charge is -1.98. The van der Waals surface area contributed by atoms with Crippen LogP contribution in [-0.4, -0.2) is 16.7 Å². The molecule has 2 aromatic rings. The van der Waals surface area contributed by atoms with Crippen LogP contribution in [0.25, 0.3) is 11.0 Å². The van der Waals surface area contributed by atoms with Crippen LogP contribution < -0.4 is 4.74 Å². The molecule has 0 aliphatic heterocycles. The largest absolute Gasteiger partial charge is 0.497 e. The van der Waals surface area contributed by atoms with Gasteiger partial charge in [-0.1, -0.05) is 0 Å². The van der Waals surface area contributed by atoms with Crippen molar-refractivity contribution in [3.8, 4) is 18.1 Å². The van der Waals surface area contributed by atoms with Crippen LogP contribution >= 0.6 is 0 Å². The van der Waals surface area contributed by atoms with Gasteiger partial charge >= 0.3 is 0 Å². The van der Waals surface area contributed by atoms with Gasteiger partial charge in [0.2, 0.25) is 0 Å². The number of rotatable bonds is 1. The molecule has 0 aliphatic carbocycles. The molecule has 1 aromatic carbocycles. The average molecular weight is 186 g/mol. The molecule has 3 heteroatoms. The zero-order valence-electron chi connectivity index (χ0n) is 8.11. The first-order valence-electron chi connectivity index (χ1n) is 4.23. The number of aromatic nitrogens is 2. The van der Waals surface area contributed by atoms with Crippen molar-refractivity contribution in [3.05, 3.63) is 24.0 Å². The van der Waals surface area contributed by atoms with Crippen molar-refractivity contribution in [2.24, 2.45) is 7.05 Å². The Morgan fingerprint density at radius 2 is 2.29 bits per heavy atom. The molecular weight excluding hydrogens is 176 g/mol. The summed E-state index contributed by atoms with van der Waals surface area (Å²) >= 11 is 0. The first-order chi connectivity index (χ1) is 6.76. The number of methoxy groups -OCH3 is 1. The average Bonchev–Trinajstić information content (AvgIpc) is 2.55. The fourth-order valence-corrected chi connectivity index (χ4v) is 1.44. The SMILES string of the molecule is C#Cc1nc2cc(OC)ccc2n1C. The van der Waals surface area contributed by atoms with E-state index in [1.54, 1.807) is 7.11 Å². The molecule has 0 saturated heterocycles. The lowest BCUT2D eigenvalue weighted by atomic mass is 10.3. The topological polar surface area (TPSA) is 27.1 Å². The fourth-order valence-electron chi connectivity index (χ4n) is 1.44. The Balaban J connectivity index is 2.74. The number of ether oxygens (including phenoxy) is 1. The summed E-state index contributed by atoms with van der Waals surface area (Å²) in [4.78, 5) is 4.29. The summed E-state index contributed by atoms with van der Waals surface area (Å²) in [6.07, 6.45) is 5.32. The Morgan fingerprint density at radius 1 is 1.50 bits per heavy atom. The molecule has 0 N–H and O–H groups in total. The van der Waals surface area contributed by atoms with E-state index < -0.39 is 0 Å². The van der Waals surface area contributed by atoms with Crippen molar-refractivity contribution in [1.82, 2.24) is 9.55 Å². The van der Waals surface area contributed by atoms with Crippen LogP contribution in [0, 0.1) is 12.3 Å². The molecule has 0 unspecified atom stereocenters. The van der Waals surface area contributed by atoms with E-state index in [0.29, 0.717) is 5.82 Å². The van der Waals surface area contributed by atoms with Crippen LogP contribution in [0.5, 0.6) is 5.75 Å². The Bertz CT molecular complexity index is 520. The lowest BCUT2D eigenvalue weighted by molar-refractivity contribution is 0.415. The van der Waals surface area contributed by atoms with Gasteiger partial charge in [0.15, 0.2) is 5.82 Å². The van der Waals surface area contributed by atoms with Gasteiger partial charge in [0.25, 0.3) is 0 Å². The van der Waals surface area contributed by atoms with E-state index in [-0.39, 0.29) is 0 Å². The Labute approximate surface area is 82.3 Å². The van der Waals surface area contributed by atoms with E-state index in [1.807, 2.05) is 29.8 Å². The van der Waals surface area contributed by atoms with E-state index in [9.17, 15) is 0 Å². The minimum Gasteiger partial charge on any atom is -0.497 e. The van der Waals surface area contributed by atoms with E-state index in [4.69, 9.17) is 11.2 Å². The lowest BCUT2D eigenvalue weighted by Crippen LogP contribution is -1.91. The smallest absolute Gasteiger partial charge is 0.185 e. The second kappa shape index (κ2) is 3.08. The van der Waals surface area contributed by atoms with Crippen LogP contribution in [0.4, 0.5) is 0 Å². The summed E-state index contributed by atoms with van der Waals surface area (Å²) < 4.78 is 6.99. The second-order valence-corrected chi connectivity index (χ2v) is 2.99. The van der Waals surface area contributed by atoms with Gasteiger partial charge in [-0.25, -0.2) is 4.98 Å². The molecule has 0 saturated carbocycles. The number of hydrogen-bond donors (Lipinski definition) is 0. The maximum atomic E-state index is 5.32. The molecule has 0 fully saturated rings. The number of benzene rings is 1. The summed E-state index contributed by atoms with van der Waals surface area (Å²) in [6.45, 7) is 0. The van der Waals surface area contributed by atoms with Gasteiger partial charge in [-0.2, -0.15) is 0 Å². The van der Waals surface area contributed by atoms with Crippen LogP contribution in [-0.2, 0) is 7.05 Å². The molecular formula is C11H10N2O. The van der Waals surface area contributed by atoms with Gasteiger partial charge in [0.05, 0.1) is 18.1 Å². The predicted octanol–water partition coefficient (Wildman–Crippen LogP) is 1.56. The highest BCUT2D eigenvalue weighted by Gasteiger charge is 2.05. The monoisotopic (exact) mass is 186 g/mol. The van der Waals surface area contributed by atoms with Gasteiger partial charge in [-0.15, -0.1) is 6.42 Å². The predicted molar refractivity (Wildman–Crippen MR) is 55.2 cm³/mol. The summed E-state index contributed by atoms with van der Waals surface area (Å²) in [5, 5.41) is 0. The van der Waals surface area contributed by atoms with Crippen molar-refractivity contribution in [1.29, 1.82) is 0 Å². The minimum atomic E-state index is 0.633. The van der Waals surface area contributed by atoms with Gasteiger partial charge in [0.1, 0.15) is 5.75 Å². The van der Waals surface area contributed by atoms with Crippen LogP contribution in [0.3, 0.4) is 0 Å². The molecule has 1 aromatic heterocycles. The molecule has 0 aliphatic rings. The standard InChI is InChI=1S/C11H10N2O/c1-4-11-12-9-7-8(14-3)5-6-10(9)13(11)2/h1,5-7H,2-3H3. The van der Waals surface area contributed by atoms with Gasteiger partial charge < -0.3 is 9.30 Å². The molecule has 14 heavy (non-hydrogen) atoms. The quantitative estimate of drug-likeness (QED) is 0.632. The Kier molecular flexibility index (Phi) is 1.90. The molecule has 0 amide bonds. The van der Waals surface area contributed by atoms with E-state index in [0.717, 1.165) is 16.8 Å². The van der Waals surface area contributed by atoms with Gasteiger partial charge in [-0.3, -0.25) is 0 Å². The molecule has 0 spiro atoms. The molecule has 3 nitrogen and oxygen atoms in total. The first-order valence-corrected chi connectivity index (χ1v) is 4.23. The third-order valence-corrected chi connectivity index (χ3v) is 2.22. The Morgan fingerprint density at radius 3 is 2.93 bits per heavy atom. The van der Waals surface area contributed by atoms with E-state index in [1.165, 1.54) is 0 Å². The van der Waals surface area contributed by atoms with Crippen LogP contribution in [0.2, 0.25) is 0 Å². The molecule has 2 rings (SSSR count). The molecule has 1 heterocycles. The van der Waals surface area contributed by atoms with Crippen molar-refractivity contribution in [2.45, 2.75) is 0 Å². The summed E-state index contributed by atoms with van der Waals surface area (Å²) in [7, 11) is 3.53. The maximum absolute atomic E-state index is 5.32. The number of aryl methyl sites for hydroxylation is 1. The van der Waals surface area contributed by atoms with Gasteiger partial charge in [-0.05, 0) is 18.1 Å². The third-order valence-electron chi connectivity index (χ3n) is 2.22. The maximum Gasteiger partial charge on any atom is 0.185 e. The zero-order valence-corrected chi connectivity index (χ0v) is 8.11. The summed E-state index contributed by atoms with van der Waals surface area (Å²) in [6, 6.07) is 5.71. The highest BCUT2D eigenvalue weighted by Crippen LogP contribution is 2.20. The minimum absolute atomic E-state index is 0.633. The van der Waals surface area contributed by atoms with Crippen LogP contribution in [0.1, 0.15) is 5.82 Å². The van der Waals surface area contributed by atoms with E-state index >= 15 is 0 Å².